The Kier molecular flexibility index (Phi) is 8.31. The molecule has 0 aliphatic carbocycles. The predicted molar refractivity (Wildman–Crippen MR) is 120 cm³/mol. The minimum Gasteiger partial charge on any atom is -0.490 e. The first kappa shape index (κ1) is 23.1. The van der Waals surface area contributed by atoms with Crippen LogP contribution in [0.5, 0.6) is 11.5 Å². The molecule has 0 bridgehead atoms. The molecule has 1 fully saturated rings. The van der Waals surface area contributed by atoms with Gasteiger partial charge in [-0.15, -0.1) is 0 Å². The smallest absolute Gasteiger partial charge is 0.243 e. The van der Waals surface area contributed by atoms with Crippen LogP contribution in [0.4, 0.5) is 5.69 Å². The molecule has 1 heterocycles. The second-order valence-corrected chi connectivity index (χ2v) is 9.31. The zero-order valence-corrected chi connectivity index (χ0v) is 18.7. The van der Waals surface area contributed by atoms with Crippen LogP contribution in [-0.2, 0) is 14.8 Å². The number of rotatable bonds is 9. The molecule has 0 aromatic heterocycles. The molecule has 7 nitrogen and oxygen atoms in total. The van der Waals surface area contributed by atoms with Crippen LogP contribution in [0.15, 0.2) is 53.4 Å². The van der Waals surface area contributed by atoms with Crippen LogP contribution >= 0.6 is 0 Å². The summed E-state index contributed by atoms with van der Waals surface area (Å²) in [5.41, 5.74) is 0.454. The molecule has 0 unspecified atom stereocenters. The molecule has 0 saturated carbocycles. The van der Waals surface area contributed by atoms with Gasteiger partial charge in [0, 0.05) is 18.8 Å². The number of hydrogen-bond donors (Lipinski definition) is 1. The van der Waals surface area contributed by atoms with Crippen LogP contribution in [0.2, 0.25) is 0 Å². The monoisotopic (exact) mass is 446 g/mol. The van der Waals surface area contributed by atoms with Gasteiger partial charge in [0.05, 0.1) is 24.5 Å². The maximum atomic E-state index is 13.0. The van der Waals surface area contributed by atoms with E-state index in [4.69, 9.17) is 9.47 Å². The van der Waals surface area contributed by atoms with E-state index < -0.39 is 10.0 Å². The highest BCUT2D eigenvalue weighted by Gasteiger charge is 2.25. The normalized spacial score (nSPS) is 15.1. The largest absolute Gasteiger partial charge is 0.490 e. The number of nitrogens with one attached hydrogen (secondary N) is 1. The van der Waals surface area contributed by atoms with E-state index >= 15 is 0 Å². The Morgan fingerprint density at radius 3 is 2.32 bits per heavy atom. The van der Waals surface area contributed by atoms with Gasteiger partial charge in [-0.05, 0) is 50.1 Å². The summed E-state index contributed by atoms with van der Waals surface area (Å²) in [7, 11) is -3.56. The quantitative estimate of drug-likeness (QED) is 0.628. The molecule has 0 atom stereocenters. The second kappa shape index (κ2) is 11.2. The van der Waals surface area contributed by atoms with Crippen LogP contribution in [0, 0.1) is 0 Å². The minimum absolute atomic E-state index is 0.129. The molecule has 1 saturated heterocycles. The molecule has 168 valence electrons. The van der Waals surface area contributed by atoms with Crippen molar-refractivity contribution in [3.05, 3.63) is 48.5 Å². The zero-order chi connectivity index (χ0) is 22.1. The average molecular weight is 447 g/mol. The maximum absolute atomic E-state index is 13.0. The van der Waals surface area contributed by atoms with Gasteiger partial charge in [-0.2, -0.15) is 4.31 Å². The van der Waals surface area contributed by atoms with Crippen LogP contribution in [-0.4, -0.2) is 44.9 Å². The number of nitrogens with zero attached hydrogens (tertiary/aromatic N) is 1. The van der Waals surface area contributed by atoms with Crippen molar-refractivity contribution in [1.82, 2.24) is 4.31 Å². The summed E-state index contributed by atoms with van der Waals surface area (Å²) in [5.74, 6) is 0.970. The molecule has 1 aliphatic heterocycles. The van der Waals surface area contributed by atoms with Crippen molar-refractivity contribution in [2.24, 2.45) is 0 Å². The zero-order valence-electron chi connectivity index (χ0n) is 17.9. The summed E-state index contributed by atoms with van der Waals surface area (Å²) in [6.07, 6.45) is 3.99. The fourth-order valence-electron chi connectivity index (χ4n) is 3.49. The van der Waals surface area contributed by atoms with Gasteiger partial charge in [0.2, 0.25) is 15.9 Å². The topological polar surface area (TPSA) is 84.9 Å². The molecule has 2 aromatic rings. The number of sulfonamides is 1. The fraction of sp³-hybridized carbons (Fsp3) is 0.435. The van der Waals surface area contributed by atoms with Gasteiger partial charge in [0.15, 0.2) is 11.5 Å². The Balaban J connectivity index is 1.57. The first-order chi connectivity index (χ1) is 15.0. The van der Waals surface area contributed by atoms with Crippen molar-refractivity contribution in [2.45, 2.75) is 43.9 Å². The Hall–Kier alpha value is -2.58. The highest BCUT2D eigenvalue weighted by Crippen LogP contribution is 2.26. The lowest BCUT2D eigenvalue weighted by Gasteiger charge is -2.20. The van der Waals surface area contributed by atoms with E-state index in [0.717, 1.165) is 25.7 Å². The first-order valence-corrected chi connectivity index (χ1v) is 12.2. The summed E-state index contributed by atoms with van der Waals surface area (Å²) in [4.78, 5) is 12.5. The third-order valence-corrected chi connectivity index (χ3v) is 6.95. The van der Waals surface area contributed by atoms with Gasteiger partial charge in [-0.3, -0.25) is 4.79 Å². The molecule has 8 heteroatoms. The van der Waals surface area contributed by atoms with Crippen molar-refractivity contribution in [3.63, 3.8) is 0 Å². The first-order valence-electron chi connectivity index (χ1n) is 10.8. The molecule has 0 spiro atoms. The Morgan fingerprint density at radius 2 is 1.65 bits per heavy atom. The van der Waals surface area contributed by atoms with Gasteiger partial charge < -0.3 is 14.8 Å². The number of anilines is 1. The molecule has 3 rings (SSSR count). The van der Waals surface area contributed by atoms with Gasteiger partial charge in [-0.25, -0.2) is 8.42 Å². The number of carbonyl (C=O) groups excluding carboxylic acids is 1. The predicted octanol–water partition coefficient (Wildman–Crippen LogP) is 4.06. The number of amides is 1. The number of ether oxygens (including phenoxy) is 2. The summed E-state index contributed by atoms with van der Waals surface area (Å²) in [5, 5.41) is 2.76. The Labute approximate surface area is 184 Å². The fourth-order valence-corrected chi connectivity index (χ4v) is 5.05. The maximum Gasteiger partial charge on any atom is 0.243 e. The summed E-state index contributed by atoms with van der Waals surface area (Å²) in [6.45, 7) is 3.68. The number of benzene rings is 2. The van der Waals surface area contributed by atoms with E-state index in [1.807, 2.05) is 25.1 Å². The molecular weight excluding hydrogens is 416 g/mol. The van der Waals surface area contributed by atoms with E-state index in [1.165, 1.54) is 6.07 Å². The van der Waals surface area contributed by atoms with E-state index in [-0.39, 0.29) is 23.8 Å². The molecule has 1 N–H and O–H groups in total. The van der Waals surface area contributed by atoms with Crippen molar-refractivity contribution >= 4 is 21.6 Å². The van der Waals surface area contributed by atoms with E-state index in [2.05, 4.69) is 5.32 Å². The molecule has 31 heavy (non-hydrogen) atoms. The van der Waals surface area contributed by atoms with Crippen molar-refractivity contribution in [1.29, 1.82) is 0 Å². The van der Waals surface area contributed by atoms with Gasteiger partial charge in [-0.1, -0.05) is 31.0 Å². The van der Waals surface area contributed by atoms with Crippen LogP contribution in [0.3, 0.4) is 0 Å². The lowest BCUT2D eigenvalue weighted by molar-refractivity contribution is -0.116. The average Bonchev–Trinajstić information content (AvgIpc) is 3.06. The third-order valence-electron chi connectivity index (χ3n) is 5.06. The van der Waals surface area contributed by atoms with Crippen molar-refractivity contribution in [2.75, 3.05) is 31.6 Å². The molecular formula is C23H30N2O5S. The second-order valence-electron chi connectivity index (χ2n) is 7.37. The number of para-hydroxylation sites is 2. The SMILES string of the molecule is CCOc1ccccc1OCCC(=O)Nc1cccc(S(=O)(=O)N2CCCCCC2)c1. The lowest BCUT2D eigenvalue weighted by atomic mass is 10.2. The molecule has 1 aliphatic rings. The van der Waals surface area contributed by atoms with Crippen LogP contribution < -0.4 is 14.8 Å². The van der Waals surface area contributed by atoms with Gasteiger partial charge >= 0.3 is 0 Å². The van der Waals surface area contributed by atoms with Gasteiger partial charge in [0.25, 0.3) is 0 Å². The highest BCUT2D eigenvalue weighted by atomic mass is 32.2. The molecule has 2 aromatic carbocycles. The molecule has 0 radical (unpaired) electrons. The number of hydrogen-bond acceptors (Lipinski definition) is 5. The van der Waals surface area contributed by atoms with Gasteiger partial charge in [0.1, 0.15) is 0 Å². The molecule has 1 amide bonds. The van der Waals surface area contributed by atoms with Crippen molar-refractivity contribution in [3.8, 4) is 11.5 Å². The number of carbonyl (C=O) groups is 1. The summed E-state index contributed by atoms with van der Waals surface area (Å²) >= 11 is 0. The highest BCUT2D eigenvalue weighted by molar-refractivity contribution is 7.89. The van der Waals surface area contributed by atoms with Crippen LogP contribution in [0.25, 0.3) is 0 Å². The minimum atomic E-state index is -3.56. The summed E-state index contributed by atoms with van der Waals surface area (Å²) in [6, 6.07) is 13.7. The Morgan fingerprint density at radius 1 is 0.968 bits per heavy atom. The standard InChI is InChI=1S/C23H30N2O5S/c1-2-29-21-12-5-6-13-22(21)30-17-14-23(26)24-19-10-9-11-20(18-19)31(27,28)25-15-7-3-4-8-16-25/h5-6,9-13,18H,2-4,7-8,14-17H2,1H3,(H,24,26). The third kappa shape index (κ3) is 6.45. The van der Waals surface area contributed by atoms with Crippen molar-refractivity contribution < 1.29 is 22.7 Å². The summed E-state index contributed by atoms with van der Waals surface area (Å²) < 4.78 is 38.7. The Bertz CT molecular complexity index is 969. The van der Waals surface area contributed by atoms with E-state index in [1.54, 1.807) is 28.6 Å². The van der Waals surface area contributed by atoms with E-state index in [0.29, 0.717) is 36.9 Å². The lowest BCUT2D eigenvalue weighted by Crippen LogP contribution is -2.32. The van der Waals surface area contributed by atoms with E-state index in [9.17, 15) is 13.2 Å². The van der Waals surface area contributed by atoms with Crippen LogP contribution in [0.1, 0.15) is 39.0 Å².